The Bertz CT molecular complexity index is 779. The number of benzene rings is 1. The van der Waals surface area contributed by atoms with Gasteiger partial charge in [-0.3, -0.25) is 4.79 Å². The fourth-order valence-electron chi connectivity index (χ4n) is 3.05. The van der Waals surface area contributed by atoms with E-state index in [1.165, 1.54) is 4.90 Å². The van der Waals surface area contributed by atoms with Crippen LogP contribution < -0.4 is 0 Å². The van der Waals surface area contributed by atoms with Gasteiger partial charge in [-0.05, 0) is 49.9 Å². The number of rotatable bonds is 4. The van der Waals surface area contributed by atoms with E-state index in [1.54, 1.807) is 24.3 Å². The average Bonchev–Trinajstić information content (AvgIpc) is 3.13. The molecule has 1 aromatic heterocycles. The molecule has 1 saturated carbocycles. The standard InChI is InChI=1S/C17H17N3O4/c21-16(20-9-1-2-13(20)17(22)23)12-7-5-11(6-8-12)15-18-14(19-24-15)10-3-4-10/h5-8,10,13H,1-4,9H2,(H,22,23)/t13-/m1/s1. The van der Waals surface area contributed by atoms with Crippen LogP contribution in [-0.2, 0) is 4.79 Å². The third-order valence-electron chi connectivity index (χ3n) is 4.56. The van der Waals surface area contributed by atoms with Gasteiger partial charge >= 0.3 is 5.97 Å². The summed E-state index contributed by atoms with van der Waals surface area (Å²) in [5.41, 5.74) is 1.22. The molecule has 1 saturated heterocycles. The molecule has 1 aliphatic carbocycles. The summed E-state index contributed by atoms with van der Waals surface area (Å²) in [5.74, 6) is 0.407. The molecule has 4 rings (SSSR count). The minimum Gasteiger partial charge on any atom is -0.480 e. The van der Waals surface area contributed by atoms with Crippen LogP contribution in [0.25, 0.3) is 11.5 Å². The Balaban J connectivity index is 1.52. The number of carboxylic acid groups (broad SMARTS) is 1. The van der Waals surface area contributed by atoms with Gasteiger partial charge in [-0.25, -0.2) is 4.79 Å². The van der Waals surface area contributed by atoms with Gasteiger partial charge in [-0.2, -0.15) is 4.98 Å². The van der Waals surface area contributed by atoms with Crippen LogP contribution in [0, 0.1) is 0 Å². The van der Waals surface area contributed by atoms with Crippen molar-refractivity contribution in [1.82, 2.24) is 15.0 Å². The van der Waals surface area contributed by atoms with E-state index in [2.05, 4.69) is 10.1 Å². The number of carbonyl (C=O) groups excluding carboxylic acids is 1. The quantitative estimate of drug-likeness (QED) is 0.925. The highest BCUT2D eigenvalue weighted by Gasteiger charge is 2.34. The van der Waals surface area contributed by atoms with E-state index < -0.39 is 12.0 Å². The van der Waals surface area contributed by atoms with E-state index in [9.17, 15) is 14.7 Å². The normalized spacial score (nSPS) is 20.3. The lowest BCUT2D eigenvalue weighted by Gasteiger charge is -2.21. The van der Waals surface area contributed by atoms with Gasteiger partial charge in [0.15, 0.2) is 5.82 Å². The fraction of sp³-hybridized carbons (Fsp3) is 0.412. The molecular weight excluding hydrogens is 310 g/mol. The van der Waals surface area contributed by atoms with Gasteiger partial charge in [0.05, 0.1) is 0 Å². The van der Waals surface area contributed by atoms with E-state index in [1.807, 2.05) is 0 Å². The van der Waals surface area contributed by atoms with Crippen molar-refractivity contribution in [3.63, 3.8) is 0 Å². The molecule has 0 unspecified atom stereocenters. The second-order valence-electron chi connectivity index (χ2n) is 6.30. The second kappa shape index (κ2) is 5.74. The van der Waals surface area contributed by atoms with Crippen LogP contribution in [0.2, 0.25) is 0 Å². The lowest BCUT2D eigenvalue weighted by atomic mass is 10.1. The molecule has 1 N–H and O–H groups in total. The average molecular weight is 327 g/mol. The van der Waals surface area contributed by atoms with Crippen molar-refractivity contribution in [2.45, 2.75) is 37.6 Å². The maximum Gasteiger partial charge on any atom is 0.326 e. The number of likely N-dealkylation sites (tertiary alicyclic amines) is 1. The van der Waals surface area contributed by atoms with Crippen LogP contribution in [0.3, 0.4) is 0 Å². The van der Waals surface area contributed by atoms with Gasteiger partial charge in [0.2, 0.25) is 0 Å². The van der Waals surface area contributed by atoms with E-state index in [-0.39, 0.29) is 5.91 Å². The number of amides is 1. The molecule has 1 aliphatic heterocycles. The van der Waals surface area contributed by atoms with Crippen LogP contribution in [0.1, 0.15) is 47.8 Å². The molecule has 1 aromatic carbocycles. The predicted molar refractivity (Wildman–Crippen MR) is 83.4 cm³/mol. The number of hydrogen-bond donors (Lipinski definition) is 1. The van der Waals surface area contributed by atoms with Gasteiger partial charge < -0.3 is 14.5 Å². The van der Waals surface area contributed by atoms with Crippen molar-refractivity contribution in [1.29, 1.82) is 0 Å². The molecule has 1 atom stereocenters. The van der Waals surface area contributed by atoms with Crippen molar-refractivity contribution in [2.24, 2.45) is 0 Å². The third-order valence-corrected chi connectivity index (χ3v) is 4.56. The summed E-state index contributed by atoms with van der Waals surface area (Å²) in [6, 6.07) is 6.13. The number of hydrogen-bond acceptors (Lipinski definition) is 5. The van der Waals surface area contributed by atoms with Crippen LogP contribution in [-0.4, -0.2) is 44.6 Å². The Morgan fingerprint density at radius 2 is 1.92 bits per heavy atom. The summed E-state index contributed by atoms with van der Waals surface area (Å²) in [7, 11) is 0. The minimum atomic E-state index is -0.948. The molecule has 7 nitrogen and oxygen atoms in total. The Labute approximate surface area is 138 Å². The Kier molecular flexibility index (Phi) is 3.55. The molecule has 124 valence electrons. The zero-order valence-corrected chi connectivity index (χ0v) is 13.0. The van der Waals surface area contributed by atoms with Crippen LogP contribution in [0.5, 0.6) is 0 Å². The maximum atomic E-state index is 12.5. The number of nitrogens with zero attached hydrogens (tertiary/aromatic N) is 3. The molecule has 0 radical (unpaired) electrons. The molecule has 24 heavy (non-hydrogen) atoms. The molecule has 2 aliphatic rings. The summed E-state index contributed by atoms with van der Waals surface area (Å²) in [4.78, 5) is 29.6. The topological polar surface area (TPSA) is 96.5 Å². The molecule has 0 spiro atoms. The highest BCUT2D eigenvalue weighted by Crippen LogP contribution is 2.38. The SMILES string of the molecule is O=C(O)[C@H]1CCCN1C(=O)c1ccc(-c2nc(C3CC3)no2)cc1. The monoisotopic (exact) mass is 327 g/mol. The number of carbonyl (C=O) groups is 2. The smallest absolute Gasteiger partial charge is 0.326 e. The van der Waals surface area contributed by atoms with Crippen molar-refractivity contribution in [3.8, 4) is 11.5 Å². The number of aliphatic carboxylic acids is 1. The molecule has 2 aromatic rings. The lowest BCUT2D eigenvalue weighted by molar-refractivity contribution is -0.141. The molecular formula is C17H17N3O4. The highest BCUT2D eigenvalue weighted by molar-refractivity contribution is 5.97. The molecule has 2 fully saturated rings. The summed E-state index contributed by atoms with van der Waals surface area (Å²) in [6.07, 6.45) is 3.43. The maximum absolute atomic E-state index is 12.5. The first-order valence-corrected chi connectivity index (χ1v) is 8.11. The summed E-state index contributed by atoms with van der Waals surface area (Å²) >= 11 is 0. The zero-order valence-electron chi connectivity index (χ0n) is 13.0. The van der Waals surface area contributed by atoms with E-state index >= 15 is 0 Å². The van der Waals surface area contributed by atoms with E-state index in [0.717, 1.165) is 24.2 Å². The Morgan fingerprint density at radius 3 is 2.58 bits per heavy atom. The first-order chi connectivity index (χ1) is 11.6. The number of carboxylic acids is 1. The lowest BCUT2D eigenvalue weighted by Crippen LogP contribution is -2.40. The summed E-state index contributed by atoms with van der Waals surface area (Å²) in [5, 5.41) is 13.2. The van der Waals surface area contributed by atoms with E-state index in [0.29, 0.717) is 36.8 Å². The van der Waals surface area contributed by atoms with Crippen molar-refractivity contribution in [3.05, 3.63) is 35.7 Å². The zero-order chi connectivity index (χ0) is 16.7. The van der Waals surface area contributed by atoms with E-state index in [4.69, 9.17) is 4.52 Å². The largest absolute Gasteiger partial charge is 0.480 e. The van der Waals surface area contributed by atoms with Crippen molar-refractivity contribution >= 4 is 11.9 Å². The summed E-state index contributed by atoms with van der Waals surface area (Å²) in [6.45, 7) is 0.478. The van der Waals surface area contributed by atoms with Crippen LogP contribution >= 0.6 is 0 Å². The van der Waals surface area contributed by atoms with Gasteiger partial charge in [0.1, 0.15) is 6.04 Å². The second-order valence-corrected chi connectivity index (χ2v) is 6.30. The first-order valence-electron chi connectivity index (χ1n) is 8.11. The molecule has 0 bridgehead atoms. The molecule has 7 heteroatoms. The summed E-state index contributed by atoms with van der Waals surface area (Å²) < 4.78 is 5.27. The molecule has 1 amide bonds. The number of aromatic nitrogens is 2. The van der Waals surface area contributed by atoms with Gasteiger partial charge in [-0.1, -0.05) is 5.16 Å². The Morgan fingerprint density at radius 1 is 1.17 bits per heavy atom. The molecule has 2 heterocycles. The van der Waals surface area contributed by atoms with Crippen LogP contribution in [0.15, 0.2) is 28.8 Å². The fourth-order valence-corrected chi connectivity index (χ4v) is 3.05. The Hall–Kier alpha value is -2.70. The van der Waals surface area contributed by atoms with Crippen LogP contribution in [0.4, 0.5) is 0 Å². The van der Waals surface area contributed by atoms with Crippen molar-refractivity contribution in [2.75, 3.05) is 6.54 Å². The van der Waals surface area contributed by atoms with Crippen molar-refractivity contribution < 1.29 is 19.2 Å². The van der Waals surface area contributed by atoms with Gasteiger partial charge in [0.25, 0.3) is 11.8 Å². The highest BCUT2D eigenvalue weighted by atomic mass is 16.5. The third kappa shape index (κ3) is 2.66. The minimum absolute atomic E-state index is 0.254. The first kappa shape index (κ1) is 14.9. The van der Waals surface area contributed by atoms with Gasteiger partial charge in [-0.15, -0.1) is 0 Å². The van der Waals surface area contributed by atoms with Gasteiger partial charge in [0, 0.05) is 23.6 Å². The predicted octanol–water partition coefficient (Wildman–Crippen LogP) is 2.30.